The van der Waals surface area contributed by atoms with Gasteiger partial charge in [0.05, 0.1) is 0 Å². The van der Waals surface area contributed by atoms with E-state index in [0.29, 0.717) is 0 Å². The lowest BCUT2D eigenvalue weighted by Gasteiger charge is -2.33. The van der Waals surface area contributed by atoms with Gasteiger partial charge < -0.3 is 5.11 Å². The first-order valence-electron chi connectivity index (χ1n) is 19.5. The van der Waals surface area contributed by atoms with Gasteiger partial charge in [-0.15, -0.1) is 0 Å². The Morgan fingerprint density at radius 3 is 1.67 bits per heavy atom. The van der Waals surface area contributed by atoms with Crippen molar-refractivity contribution in [3.8, 4) is 34.8 Å². The maximum atomic E-state index is 10.4. The van der Waals surface area contributed by atoms with Gasteiger partial charge in [0, 0.05) is 22.1 Å². The van der Waals surface area contributed by atoms with Crippen molar-refractivity contribution in [3.63, 3.8) is 0 Å². The molecule has 1 N–H and O–H groups in total. The zero-order chi connectivity index (χ0) is 35.4. The largest absolute Gasteiger partial charge is 0.378 e. The van der Waals surface area contributed by atoms with Crippen LogP contribution >= 0.6 is 0 Å². The molecular formula is C50H52O. The Labute approximate surface area is 305 Å². The van der Waals surface area contributed by atoms with E-state index in [1.165, 1.54) is 119 Å². The standard InChI is InChI=1S/C50H52O/c1-5-7-9-11-13-31-50(32-14-12-10-8-6-2)45-34-36(19-27-43(45)44-28-20-37(35-46(44)50)30-33-49(3,4)51)18-21-38-22-23-41-25-24-39-16-15-17-40-26-29-42(38)48(41)47(39)40/h15-17,19-20,22-29,34-35,51H,5-14,31-32H2,1-4H3. The minimum absolute atomic E-state index is 0.0692. The number of hydrogen-bond donors (Lipinski definition) is 1. The van der Waals surface area contributed by atoms with E-state index in [0.717, 1.165) is 29.5 Å². The molecule has 1 aliphatic rings. The Morgan fingerprint density at radius 2 is 1.08 bits per heavy atom. The predicted octanol–water partition coefficient (Wildman–Crippen LogP) is 13.1. The molecule has 6 aromatic rings. The number of aliphatic hydroxyl groups is 1. The van der Waals surface area contributed by atoms with Crippen LogP contribution in [0.4, 0.5) is 0 Å². The highest BCUT2D eigenvalue weighted by Gasteiger charge is 2.42. The third-order valence-corrected chi connectivity index (χ3v) is 11.2. The van der Waals surface area contributed by atoms with Gasteiger partial charge in [0.1, 0.15) is 5.60 Å². The number of rotatable bonds is 12. The first kappa shape index (κ1) is 34.9. The summed E-state index contributed by atoms with van der Waals surface area (Å²) in [5.74, 6) is 13.7. The van der Waals surface area contributed by atoms with Crippen LogP contribution < -0.4 is 0 Å². The van der Waals surface area contributed by atoms with E-state index in [-0.39, 0.29) is 5.41 Å². The highest BCUT2D eigenvalue weighted by Crippen LogP contribution is 2.54. The summed E-state index contributed by atoms with van der Waals surface area (Å²) in [6.45, 7) is 8.10. The smallest absolute Gasteiger partial charge is 0.120 e. The van der Waals surface area contributed by atoms with Crippen molar-refractivity contribution in [2.24, 2.45) is 0 Å². The molecule has 6 aromatic carbocycles. The SMILES string of the molecule is CCCCCCCC1(CCCCCCC)c2cc(C#Cc3ccc4ccc5cccc6ccc3c4c56)ccc2-c2ccc(C#CC(C)(C)O)cc21. The summed E-state index contributed by atoms with van der Waals surface area (Å²) in [6, 6.07) is 33.8. The van der Waals surface area contributed by atoms with Crippen LogP contribution in [0.25, 0.3) is 43.4 Å². The van der Waals surface area contributed by atoms with Crippen LogP contribution in [0.15, 0.2) is 91.0 Å². The van der Waals surface area contributed by atoms with E-state index in [9.17, 15) is 5.11 Å². The zero-order valence-corrected chi connectivity index (χ0v) is 31.1. The Bertz CT molecular complexity index is 2260. The summed E-state index contributed by atoms with van der Waals surface area (Å²) < 4.78 is 0. The topological polar surface area (TPSA) is 20.2 Å². The maximum Gasteiger partial charge on any atom is 0.120 e. The van der Waals surface area contributed by atoms with Crippen LogP contribution in [0, 0.1) is 23.7 Å². The summed E-state index contributed by atoms with van der Waals surface area (Å²) in [6.07, 6.45) is 14.9. The Morgan fingerprint density at radius 1 is 0.549 bits per heavy atom. The van der Waals surface area contributed by atoms with E-state index in [1.807, 2.05) is 0 Å². The molecule has 1 aliphatic carbocycles. The highest BCUT2D eigenvalue weighted by molar-refractivity contribution is 6.23. The molecule has 0 amide bonds. The second-order valence-corrected chi connectivity index (χ2v) is 15.5. The molecule has 0 saturated carbocycles. The third kappa shape index (κ3) is 7.16. The first-order chi connectivity index (χ1) is 24.8. The van der Waals surface area contributed by atoms with E-state index >= 15 is 0 Å². The van der Waals surface area contributed by atoms with Gasteiger partial charge in [-0.25, -0.2) is 0 Å². The summed E-state index contributed by atoms with van der Waals surface area (Å²) in [4.78, 5) is 0. The molecule has 1 nitrogen and oxygen atoms in total. The lowest BCUT2D eigenvalue weighted by Crippen LogP contribution is -2.26. The molecule has 0 aliphatic heterocycles. The molecule has 0 radical (unpaired) electrons. The Balaban J connectivity index is 1.32. The second-order valence-electron chi connectivity index (χ2n) is 15.5. The number of unbranched alkanes of at least 4 members (excludes halogenated alkanes) is 8. The van der Waals surface area contributed by atoms with Gasteiger partial charge in [0.2, 0.25) is 0 Å². The quantitative estimate of drug-likeness (QED) is 0.0782. The molecule has 0 aromatic heterocycles. The summed E-state index contributed by atoms with van der Waals surface area (Å²) in [5.41, 5.74) is 7.60. The van der Waals surface area contributed by atoms with Crippen molar-refractivity contribution in [1.82, 2.24) is 0 Å². The molecule has 0 bridgehead atoms. The number of fused-ring (bicyclic) bond motifs is 3. The summed E-state index contributed by atoms with van der Waals surface area (Å²) >= 11 is 0. The van der Waals surface area contributed by atoms with Gasteiger partial charge in [0.25, 0.3) is 0 Å². The molecule has 0 spiro atoms. The molecule has 0 saturated heterocycles. The van der Waals surface area contributed by atoms with Crippen LogP contribution in [0.5, 0.6) is 0 Å². The monoisotopic (exact) mass is 668 g/mol. The van der Waals surface area contributed by atoms with Gasteiger partial charge >= 0.3 is 0 Å². The molecule has 0 atom stereocenters. The van der Waals surface area contributed by atoms with Gasteiger partial charge in [0.15, 0.2) is 0 Å². The summed E-state index contributed by atoms with van der Waals surface area (Å²) in [5, 5.41) is 18.1. The fraction of sp³-hybridized carbons (Fsp3) is 0.360. The third-order valence-electron chi connectivity index (χ3n) is 11.2. The molecule has 1 heteroatoms. The van der Waals surface area contributed by atoms with Crippen LogP contribution in [-0.4, -0.2) is 10.7 Å². The van der Waals surface area contributed by atoms with Crippen LogP contribution in [0.2, 0.25) is 0 Å². The summed E-state index contributed by atoms with van der Waals surface area (Å²) in [7, 11) is 0. The Kier molecular flexibility index (Phi) is 10.2. The number of hydrogen-bond acceptors (Lipinski definition) is 1. The molecule has 51 heavy (non-hydrogen) atoms. The minimum atomic E-state index is -1.03. The second kappa shape index (κ2) is 15.0. The molecule has 0 fully saturated rings. The van der Waals surface area contributed by atoms with Gasteiger partial charge in [-0.05, 0) is 112 Å². The van der Waals surface area contributed by atoms with E-state index < -0.39 is 5.60 Å². The first-order valence-corrected chi connectivity index (χ1v) is 19.5. The van der Waals surface area contributed by atoms with Gasteiger partial charge in [-0.3, -0.25) is 0 Å². The molecule has 0 unspecified atom stereocenters. The highest BCUT2D eigenvalue weighted by atomic mass is 16.3. The van der Waals surface area contributed by atoms with Crippen molar-refractivity contribution in [3.05, 3.63) is 119 Å². The van der Waals surface area contributed by atoms with E-state index in [4.69, 9.17) is 0 Å². The molecule has 0 heterocycles. The van der Waals surface area contributed by atoms with Crippen molar-refractivity contribution in [1.29, 1.82) is 0 Å². The maximum absolute atomic E-state index is 10.4. The van der Waals surface area contributed by atoms with Crippen molar-refractivity contribution < 1.29 is 5.11 Å². The fourth-order valence-electron chi connectivity index (χ4n) is 8.58. The van der Waals surface area contributed by atoms with Gasteiger partial charge in [-0.1, -0.05) is 162 Å². The van der Waals surface area contributed by atoms with Crippen LogP contribution in [0.1, 0.15) is 133 Å². The van der Waals surface area contributed by atoms with Crippen LogP contribution in [0.3, 0.4) is 0 Å². The van der Waals surface area contributed by atoms with E-state index in [2.05, 4.69) is 129 Å². The predicted molar refractivity (Wildman–Crippen MR) is 219 cm³/mol. The molecule has 258 valence electrons. The van der Waals surface area contributed by atoms with Gasteiger partial charge in [-0.2, -0.15) is 0 Å². The Hall–Kier alpha value is -4.56. The van der Waals surface area contributed by atoms with Crippen molar-refractivity contribution in [2.45, 2.75) is 116 Å². The molecule has 7 rings (SSSR count). The average Bonchev–Trinajstić information content (AvgIpc) is 3.40. The normalized spacial score (nSPS) is 13.2. The minimum Gasteiger partial charge on any atom is -0.378 e. The zero-order valence-electron chi connectivity index (χ0n) is 31.1. The lowest BCUT2D eigenvalue weighted by atomic mass is 9.70. The van der Waals surface area contributed by atoms with Crippen molar-refractivity contribution >= 4 is 32.3 Å². The molecular weight excluding hydrogens is 617 g/mol. The lowest BCUT2D eigenvalue weighted by molar-refractivity contribution is 0.143. The number of benzene rings is 6. The van der Waals surface area contributed by atoms with E-state index in [1.54, 1.807) is 13.8 Å². The van der Waals surface area contributed by atoms with Crippen LogP contribution in [-0.2, 0) is 5.41 Å². The fourth-order valence-corrected chi connectivity index (χ4v) is 8.58. The van der Waals surface area contributed by atoms with Crippen molar-refractivity contribution in [2.75, 3.05) is 0 Å². The average molecular weight is 669 g/mol.